The molecule has 0 saturated heterocycles. The van der Waals surface area contributed by atoms with Crippen LogP contribution in [-0.2, 0) is 16.0 Å². The third kappa shape index (κ3) is 5.26. The van der Waals surface area contributed by atoms with Gasteiger partial charge in [-0.05, 0) is 18.6 Å². The molecule has 6 nitrogen and oxygen atoms in total. The normalized spacial score (nSPS) is 11.7. The topological polar surface area (TPSA) is 88.5 Å². The summed E-state index contributed by atoms with van der Waals surface area (Å²) in [5.74, 6) is -0.735. The second-order valence-electron chi connectivity index (χ2n) is 4.47. The van der Waals surface area contributed by atoms with Crippen LogP contribution in [0.5, 0.6) is 5.75 Å². The van der Waals surface area contributed by atoms with Crippen molar-refractivity contribution < 1.29 is 19.4 Å². The summed E-state index contributed by atoms with van der Waals surface area (Å²) in [6.45, 7) is 1.97. The number of carbonyl (C=O) groups excluding carboxylic acids is 1. The van der Waals surface area contributed by atoms with Crippen LogP contribution in [0.3, 0.4) is 0 Å². The van der Waals surface area contributed by atoms with Gasteiger partial charge in [0.25, 0.3) is 0 Å². The fourth-order valence-corrected chi connectivity index (χ4v) is 1.71. The molecule has 0 aliphatic carbocycles. The fourth-order valence-electron chi connectivity index (χ4n) is 1.71. The number of methoxy groups -OCH3 is 1. The number of hydrogen-bond donors (Lipinski definition) is 2. The number of nitrogens with zero attached hydrogens (tertiary/aromatic N) is 1. The molecule has 110 valence electrons. The van der Waals surface area contributed by atoms with Crippen LogP contribution in [0.1, 0.15) is 31.9 Å². The van der Waals surface area contributed by atoms with Gasteiger partial charge in [0.15, 0.2) is 0 Å². The summed E-state index contributed by atoms with van der Waals surface area (Å²) in [5, 5.41) is 11.6. The molecule has 6 heteroatoms. The van der Waals surface area contributed by atoms with E-state index in [0.717, 1.165) is 12.8 Å². The van der Waals surface area contributed by atoms with Crippen LogP contribution < -0.4 is 10.1 Å². The van der Waals surface area contributed by atoms with Crippen molar-refractivity contribution in [3.63, 3.8) is 0 Å². The number of rotatable bonds is 8. The van der Waals surface area contributed by atoms with Crippen LogP contribution >= 0.6 is 0 Å². The molecule has 1 rings (SSSR count). The number of ether oxygens (including phenoxy) is 1. The molecular formula is C14H20N2O4. The summed E-state index contributed by atoms with van der Waals surface area (Å²) in [4.78, 5) is 26.9. The van der Waals surface area contributed by atoms with E-state index in [1.807, 2.05) is 6.92 Å². The summed E-state index contributed by atoms with van der Waals surface area (Å²) in [7, 11) is 1.54. The van der Waals surface area contributed by atoms with Gasteiger partial charge in [-0.3, -0.25) is 9.78 Å². The van der Waals surface area contributed by atoms with Crippen LogP contribution in [0.4, 0.5) is 0 Å². The van der Waals surface area contributed by atoms with Crippen molar-refractivity contribution in [1.82, 2.24) is 10.3 Å². The predicted octanol–water partition coefficient (Wildman–Crippen LogP) is 1.39. The Labute approximate surface area is 118 Å². The average Bonchev–Trinajstić information content (AvgIpc) is 2.44. The average molecular weight is 280 g/mol. The molecule has 0 aliphatic heterocycles. The van der Waals surface area contributed by atoms with Gasteiger partial charge in [0.2, 0.25) is 5.91 Å². The molecule has 1 aromatic heterocycles. The molecule has 0 saturated carbocycles. The minimum absolute atomic E-state index is 0.0555. The molecule has 0 spiro atoms. The molecule has 0 radical (unpaired) electrons. The molecule has 1 unspecified atom stereocenters. The van der Waals surface area contributed by atoms with Crippen molar-refractivity contribution in [3.05, 3.63) is 24.0 Å². The molecule has 1 heterocycles. The van der Waals surface area contributed by atoms with E-state index in [1.165, 1.54) is 13.3 Å². The first-order valence-electron chi connectivity index (χ1n) is 6.58. The Balaban J connectivity index is 2.53. The zero-order valence-electron chi connectivity index (χ0n) is 11.8. The SMILES string of the molecule is CCCCC(NC(=O)Cc1ccc(OC)cn1)C(=O)O. The number of pyridine rings is 1. The zero-order valence-corrected chi connectivity index (χ0v) is 11.8. The number of aromatic nitrogens is 1. The monoisotopic (exact) mass is 280 g/mol. The van der Waals surface area contributed by atoms with Gasteiger partial charge < -0.3 is 15.2 Å². The Morgan fingerprint density at radius 1 is 1.45 bits per heavy atom. The lowest BCUT2D eigenvalue weighted by Crippen LogP contribution is -2.41. The van der Waals surface area contributed by atoms with Gasteiger partial charge in [0.1, 0.15) is 11.8 Å². The van der Waals surface area contributed by atoms with Crippen LogP contribution in [0, 0.1) is 0 Å². The van der Waals surface area contributed by atoms with Gasteiger partial charge in [0.05, 0.1) is 19.7 Å². The van der Waals surface area contributed by atoms with Crippen molar-refractivity contribution in [2.45, 2.75) is 38.6 Å². The van der Waals surface area contributed by atoms with Crippen molar-refractivity contribution in [2.75, 3.05) is 7.11 Å². The van der Waals surface area contributed by atoms with Gasteiger partial charge in [-0.2, -0.15) is 0 Å². The quantitative estimate of drug-likeness (QED) is 0.751. The molecule has 0 aromatic carbocycles. The van der Waals surface area contributed by atoms with E-state index in [0.29, 0.717) is 17.9 Å². The standard InChI is InChI=1S/C14H20N2O4/c1-3-4-5-12(14(18)19)16-13(17)8-10-6-7-11(20-2)9-15-10/h6-7,9,12H,3-5,8H2,1-2H3,(H,16,17)(H,18,19). The lowest BCUT2D eigenvalue weighted by molar-refractivity contribution is -0.142. The summed E-state index contributed by atoms with van der Waals surface area (Å²) < 4.78 is 4.97. The van der Waals surface area contributed by atoms with E-state index in [4.69, 9.17) is 9.84 Å². The second kappa shape index (κ2) is 8.14. The molecule has 20 heavy (non-hydrogen) atoms. The maximum absolute atomic E-state index is 11.8. The van der Waals surface area contributed by atoms with Gasteiger partial charge in [-0.1, -0.05) is 19.8 Å². The summed E-state index contributed by atoms with van der Waals surface area (Å²) in [6.07, 6.45) is 3.67. The first kappa shape index (κ1) is 15.9. The second-order valence-corrected chi connectivity index (χ2v) is 4.47. The van der Waals surface area contributed by atoms with E-state index in [9.17, 15) is 9.59 Å². The summed E-state index contributed by atoms with van der Waals surface area (Å²) >= 11 is 0. The maximum atomic E-state index is 11.8. The number of amides is 1. The van der Waals surface area contributed by atoms with Gasteiger partial charge in [0, 0.05) is 5.69 Å². The molecule has 1 atom stereocenters. The number of carbonyl (C=O) groups is 2. The Hall–Kier alpha value is -2.11. The highest BCUT2D eigenvalue weighted by molar-refractivity contribution is 5.84. The summed E-state index contributed by atoms with van der Waals surface area (Å²) in [6, 6.07) is 2.56. The molecule has 1 aromatic rings. The highest BCUT2D eigenvalue weighted by atomic mass is 16.5. The lowest BCUT2D eigenvalue weighted by Gasteiger charge is -2.13. The molecule has 2 N–H and O–H groups in total. The highest BCUT2D eigenvalue weighted by Crippen LogP contribution is 2.08. The van der Waals surface area contributed by atoms with Crippen LogP contribution in [0.2, 0.25) is 0 Å². The predicted molar refractivity (Wildman–Crippen MR) is 73.6 cm³/mol. The number of aliphatic carboxylic acids is 1. The van der Waals surface area contributed by atoms with Crippen LogP contribution in [0.25, 0.3) is 0 Å². The summed E-state index contributed by atoms with van der Waals surface area (Å²) in [5.41, 5.74) is 0.572. The van der Waals surface area contributed by atoms with E-state index in [-0.39, 0.29) is 12.3 Å². The Morgan fingerprint density at radius 2 is 2.20 bits per heavy atom. The smallest absolute Gasteiger partial charge is 0.326 e. The van der Waals surface area contributed by atoms with Gasteiger partial charge in [-0.15, -0.1) is 0 Å². The lowest BCUT2D eigenvalue weighted by atomic mass is 10.1. The maximum Gasteiger partial charge on any atom is 0.326 e. The Bertz CT molecular complexity index is 445. The van der Waals surface area contributed by atoms with E-state index in [1.54, 1.807) is 12.1 Å². The van der Waals surface area contributed by atoms with E-state index in [2.05, 4.69) is 10.3 Å². The zero-order chi connectivity index (χ0) is 15.0. The van der Waals surface area contributed by atoms with Crippen molar-refractivity contribution >= 4 is 11.9 Å². The molecule has 0 fully saturated rings. The third-order valence-electron chi connectivity index (χ3n) is 2.85. The number of hydrogen-bond acceptors (Lipinski definition) is 4. The van der Waals surface area contributed by atoms with Crippen LogP contribution in [-0.4, -0.2) is 35.1 Å². The first-order valence-corrected chi connectivity index (χ1v) is 6.58. The largest absolute Gasteiger partial charge is 0.495 e. The van der Waals surface area contributed by atoms with Crippen molar-refractivity contribution in [2.24, 2.45) is 0 Å². The van der Waals surface area contributed by atoms with Gasteiger partial charge in [-0.25, -0.2) is 4.79 Å². The Morgan fingerprint density at radius 3 is 2.70 bits per heavy atom. The fraction of sp³-hybridized carbons (Fsp3) is 0.500. The van der Waals surface area contributed by atoms with Gasteiger partial charge >= 0.3 is 5.97 Å². The minimum atomic E-state index is -1.01. The molecule has 0 aliphatic rings. The van der Waals surface area contributed by atoms with Crippen LogP contribution in [0.15, 0.2) is 18.3 Å². The molecule has 1 amide bonds. The molecular weight excluding hydrogens is 260 g/mol. The van der Waals surface area contributed by atoms with E-state index >= 15 is 0 Å². The number of unbranched alkanes of at least 4 members (excludes halogenated alkanes) is 1. The first-order chi connectivity index (χ1) is 9.56. The number of nitrogens with one attached hydrogen (secondary N) is 1. The third-order valence-corrected chi connectivity index (χ3v) is 2.85. The van der Waals surface area contributed by atoms with Crippen molar-refractivity contribution in [1.29, 1.82) is 0 Å². The van der Waals surface area contributed by atoms with E-state index < -0.39 is 12.0 Å². The Kier molecular flexibility index (Phi) is 6.49. The number of carboxylic acids is 1. The number of carboxylic acid groups (broad SMARTS) is 1. The highest BCUT2D eigenvalue weighted by Gasteiger charge is 2.19. The molecule has 0 bridgehead atoms. The minimum Gasteiger partial charge on any atom is -0.495 e. The van der Waals surface area contributed by atoms with Crippen molar-refractivity contribution in [3.8, 4) is 5.75 Å².